The van der Waals surface area contributed by atoms with E-state index in [1.54, 1.807) is 0 Å². The minimum absolute atomic E-state index is 0.0226. The van der Waals surface area contributed by atoms with Crippen LogP contribution in [-0.4, -0.2) is 17.6 Å². The van der Waals surface area contributed by atoms with Crippen molar-refractivity contribution >= 4 is 5.91 Å². The van der Waals surface area contributed by atoms with Gasteiger partial charge in [0.2, 0.25) is 5.91 Å². The van der Waals surface area contributed by atoms with Crippen LogP contribution in [0, 0.1) is 0 Å². The summed E-state index contributed by atoms with van der Waals surface area (Å²) in [7, 11) is 0. The van der Waals surface area contributed by atoms with Crippen LogP contribution in [0.5, 0.6) is 5.75 Å². The third-order valence-electron chi connectivity index (χ3n) is 3.78. The number of carbonyl (C=O) groups is 1. The Morgan fingerprint density at radius 3 is 2.85 bits per heavy atom. The van der Waals surface area contributed by atoms with E-state index in [0.29, 0.717) is 13.0 Å². The van der Waals surface area contributed by atoms with Crippen LogP contribution in [0.4, 0.5) is 0 Å². The molecule has 1 aromatic rings. The van der Waals surface area contributed by atoms with Crippen molar-refractivity contribution in [2.24, 2.45) is 0 Å². The SMILES string of the molecule is CCc1cc(C(O)CC)cc2c1OCCC2NC(C)=O. The smallest absolute Gasteiger partial charge is 0.217 e. The Kier molecular flexibility index (Phi) is 4.65. The van der Waals surface area contributed by atoms with E-state index >= 15 is 0 Å². The number of aryl methyl sites for hydroxylation is 1. The summed E-state index contributed by atoms with van der Waals surface area (Å²) in [6, 6.07) is 3.97. The summed E-state index contributed by atoms with van der Waals surface area (Å²) < 4.78 is 5.79. The Morgan fingerprint density at radius 2 is 2.25 bits per heavy atom. The number of aliphatic hydroxyl groups is 1. The molecule has 20 heavy (non-hydrogen) atoms. The highest BCUT2D eigenvalue weighted by molar-refractivity contribution is 5.73. The highest BCUT2D eigenvalue weighted by Crippen LogP contribution is 2.38. The molecule has 2 atom stereocenters. The summed E-state index contributed by atoms with van der Waals surface area (Å²) in [5, 5.41) is 13.1. The Balaban J connectivity index is 2.46. The van der Waals surface area contributed by atoms with Gasteiger partial charge in [-0.1, -0.05) is 13.8 Å². The Bertz CT molecular complexity index is 499. The number of aliphatic hydroxyl groups excluding tert-OH is 1. The van der Waals surface area contributed by atoms with Crippen LogP contribution < -0.4 is 10.1 Å². The van der Waals surface area contributed by atoms with Gasteiger partial charge < -0.3 is 15.2 Å². The molecular weight excluding hydrogens is 254 g/mol. The standard InChI is InChI=1S/C16H23NO3/c1-4-11-8-12(15(19)5-2)9-13-14(17-10(3)18)6-7-20-16(11)13/h8-9,14-15,19H,4-7H2,1-3H3,(H,17,18). The molecule has 1 heterocycles. The molecule has 1 aliphatic rings. The van der Waals surface area contributed by atoms with Gasteiger partial charge in [-0.15, -0.1) is 0 Å². The molecule has 0 radical (unpaired) electrons. The summed E-state index contributed by atoms with van der Waals surface area (Å²) in [6.07, 6.45) is 1.82. The molecule has 1 aromatic carbocycles. The van der Waals surface area contributed by atoms with Crippen LogP contribution in [0.15, 0.2) is 12.1 Å². The monoisotopic (exact) mass is 277 g/mol. The lowest BCUT2D eigenvalue weighted by Crippen LogP contribution is -2.31. The van der Waals surface area contributed by atoms with Crippen molar-refractivity contribution in [3.05, 3.63) is 28.8 Å². The van der Waals surface area contributed by atoms with Gasteiger partial charge in [-0.05, 0) is 36.1 Å². The second-order valence-corrected chi connectivity index (χ2v) is 5.27. The van der Waals surface area contributed by atoms with Crippen molar-refractivity contribution < 1.29 is 14.6 Å². The first-order valence-electron chi connectivity index (χ1n) is 7.31. The van der Waals surface area contributed by atoms with Gasteiger partial charge in [-0.25, -0.2) is 0 Å². The number of amides is 1. The number of nitrogens with one attached hydrogen (secondary N) is 1. The third-order valence-corrected chi connectivity index (χ3v) is 3.78. The molecule has 1 amide bonds. The van der Waals surface area contributed by atoms with Gasteiger partial charge in [-0.2, -0.15) is 0 Å². The van der Waals surface area contributed by atoms with Gasteiger partial charge in [-0.3, -0.25) is 4.79 Å². The number of carbonyl (C=O) groups excluding carboxylic acids is 1. The number of ether oxygens (including phenoxy) is 1. The maximum absolute atomic E-state index is 11.3. The first kappa shape index (κ1) is 14.9. The average molecular weight is 277 g/mol. The predicted molar refractivity (Wildman–Crippen MR) is 77.7 cm³/mol. The molecule has 0 fully saturated rings. The average Bonchev–Trinajstić information content (AvgIpc) is 2.45. The van der Waals surface area contributed by atoms with Crippen molar-refractivity contribution in [1.82, 2.24) is 5.32 Å². The topological polar surface area (TPSA) is 58.6 Å². The van der Waals surface area contributed by atoms with Gasteiger partial charge in [0, 0.05) is 18.9 Å². The number of rotatable bonds is 4. The molecule has 0 spiro atoms. The Hall–Kier alpha value is -1.55. The van der Waals surface area contributed by atoms with E-state index < -0.39 is 6.10 Å². The number of benzene rings is 1. The molecule has 110 valence electrons. The van der Waals surface area contributed by atoms with E-state index in [1.807, 2.05) is 19.1 Å². The van der Waals surface area contributed by atoms with Crippen molar-refractivity contribution in [3.8, 4) is 5.75 Å². The summed E-state index contributed by atoms with van der Waals surface area (Å²) in [5.74, 6) is 0.840. The summed E-state index contributed by atoms with van der Waals surface area (Å²) in [6.45, 7) is 6.17. The molecule has 2 N–H and O–H groups in total. The molecule has 2 rings (SSSR count). The molecular formula is C16H23NO3. The third kappa shape index (κ3) is 2.96. The lowest BCUT2D eigenvalue weighted by Gasteiger charge is -2.29. The molecule has 4 nitrogen and oxygen atoms in total. The van der Waals surface area contributed by atoms with Crippen LogP contribution in [0.25, 0.3) is 0 Å². The lowest BCUT2D eigenvalue weighted by atomic mass is 9.92. The minimum Gasteiger partial charge on any atom is -0.493 e. The summed E-state index contributed by atoms with van der Waals surface area (Å²) in [5.41, 5.74) is 3.00. The Morgan fingerprint density at radius 1 is 1.50 bits per heavy atom. The van der Waals surface area contributed by atoms with Gasteiger partial charge in [0.05, 0.1) is 18.8 Å². The molecule has 0 aromatic heterocycles. The summed E-state index contributed by atoms with van der Waals surface area (Å²) in [4.78, 5) is 11.3. The minimum atomic E-state index is -0.467. The van der Waals surface area contributed by atoms with Crippen LogP contribution in [0.1, 0.15) is 62.4 Å². The second kappa shape index (κ2) is 6.27. The van der Waals surface area contributed by atoms with E-state index in [4.69, 9.17) is 4.74 Å². The fourth-order valence-corrected chi connectivity index (χ4v) is 2.69. The van der Waals surface area contributed by atoms with Crippen molar-refractivity contribution in [2.45, 2.75) is 52.2 Å². The van der Waals surface area contributed by atoms with Gasteiger partial charge >= 0.3 is 0 Å². The van der Waals surface area contributed by atoms with E-state index in [2.05, 4.69) is 12.2 Å². The molecule has 2 unspecified atom stereocenters. The Labute approximate surface area is 120 Å². The van der Waals surface area contributed by atoms with E-state index in [1.165, 1.54) is 6.92 Å². The predicted octanol–water partition coefficient (Wildman–Crippen LogP) is 2.65. The number of fused-ring (bicyclic) bond motifs is 1. The number of hydrogen-bond donors (Lipinski definition) is 2. The largest absolute Gasteiger partial charge is 0.493 e. The van der Waals surface area contributed by atoms with Gasteiger partial charge in [0.25, 0.3) is 0 Å². The fraction of sp³-hybridized carbons (Fsp3) is 0.562. The summed E-state index contributed by atoms with van der Waals surface area (Å²) >= 11 is 0. The molecule has 0 saturated heterocycles. The normalized spacial score (nSPS) is 18.9. The quantitative estimate of drug-likeness (QED) is 0.889. The molecule has 1 aliphatic heterocycles. The zero-order chi connectivity index (χ0) is 14.7. The second-order valence-electron chi connectivity index (χ2n) is 5.27. The first-order chi connectivity index (χ1) is 9.56. The van der Waals surface area contributed by atoms with E-state index in [0.717, 1.165) is 35.3 Å². The first-order valence-corrected chi connectivity index (χ1v) is 7.31. The molecule has 0 bridgehead atoms. The van der Waals surface area contributed by atoms with Gasteiger partial charge in [0.1, 0.15) is 5.75 Å². The zero-order valence-corrected chi connectivity index (χ0v) is 12.4. The number of hydrogen-bond acceptors (Lipinski definition) is 3. The maximum Gasteiger partial charge on any atom is 0.217 e. The molecule has 0 saturated carbocycles. The molecule has 4 heteroatoms. The van der Waals surface area contributed by atoms with Crippen LogP contribution in [0.2, 0.25) is 0 Å². The van der Waals surface area contributed by atoms with Crippen molar-refractivity contribution in [2.75, 3.05) is 6.61 Å². The van der Waals surface area contributed by atoms with Crippen LogP contribution in [-0.2, 0) is 11.2 Å². The van der Waals surface area contributed by atoms with E-state index in [-0.39, 0.29) is 11.9 Å². The molecule has 0 aliphatic carbocycles. The highest BCUT2D eigenvalue weighted by Gasteiger charge is 2.25. The van der Waals surface area contributed by atoms with E-state index in [9.17, 15) is 9.90 Å². The van der Waals surface area contributed by atoms with Crippen molar-refractivity contribution in [3.63, 3.8) is 0 Å². The maximum atomic E-state index is 11.3. The van der Waals surface area contributed by atoms with Crippen LogP contribution >= 0.6 is 0 Å². The lowest BCUT2D eigenvalue weighted by molar-refractivity contribution is -0.119. The zero-order valence-electron chi connectivity index (χ0n) is 12.4. The van der Waals surface area contributed by atoms with Gasteiger partial charge in [0.15, 0.2) is 0 Å². The highest BCUT2D eigenvalue weighted by atomic mass is 16.5. The van der Waals surface area contributed by atoms with Crippen LogP contribution in [0.3, 0.4) is 0 Å². The fourth-order valence-electron chi connectivity index (χ4n) is 2.69. The van der Waals surface area contributed by atoms with Crippen molar-refractivity contribution in [1.29, 1.82) is 0 Å².